The predicted octanol–water partition coefficient (Wildman–Crippen LogP) is 2.38. The summed E-state index contributed by atoms with van der Waals surface area (Å²) in [5, 5.41) is 173. The average Bonchev–Trinajstić information content (AvgIpc) is 2.96. The van der Waals surface area contributed by atoms with Gasteiger partial charge in [0.25, 0.3) is 0 Å². The first-order valence-electron chi connectivity index (χ1n) is 21.7. The minimum atomic E-state index is -2.67. The first kappa shape index (κ1) is 49.1. The molecule has 30 nitrogen and oxygen atoms in total. The maximum absolute atomic E-state index is 15.0. The molecule has 4 aliphatic heterocycles. The second kappa shape index (κ2) is 16.7. The highest BCUT2D eigenvalue weighted by Gasteiger charge is 2.54. The number of carbonyl (C=O) groups excluding carboxylic acids is 4. The van der Waals surface area contributed by atoms with Gasteiger partial charge in [-0.15, -0.1) is 0 Å². The summed E-state index contributed by atoms with van der Waals surface area (Å²) in [6.45, 7) is -1.41. The number of ether oxygens (including phenoxy) is 6. The van der Waals surface area contributed by atoms with Crippen molar-refractivity contribution in [3.8, 4) is 120 Å². The summed E-state index contributed by atoms with van der Waals surface area (Å²) in [6.07, 6.45) is -12.8. The van der Waals surface area contributed by atoms with Crippen LogP contribution in [0.25, 0.3) is 55.0 Å². The number of phenols is 15. The van der Waals surface area contributed by atoms with Crippen LogP contribution in [-0.2, 0) is 23.7 Å². The lowest BCUT2D eigenvalue weighted by Crippen LogP contribution is -2.62. The highest BCUT2D eigenvalue weighted by molar-refractivity contribution is 6.26. The molecule has 0 spiro atoms. The maximum Gasteiger partial charge on any atom is 0.345 e. The minimum Gasteiger partial charge on any atom is -0.504 e. The standard InChI is InChI=1S/C48H28O30/c49-12-1-7-18(30(58)25(12)53)19-8(2-13(50)26(54)31(19)59)45(67)78-41-40(77-44(7)66)37-17(73-48(41)70)6-71-42(64)11-4-15(52)28(56)34(62)36(11)72-16-5-10-21-23-24(47(69)76-38(21)29(16)57)22(33(61)35(63)39(23)75-46(10)68)20-9(43(65)74-37)3-14(51)27(55)32(20)60/h1-5,17,37,40-41,48-63,70H,6H2/t17-,37+,40-,41-,48-/m0/s1. The Morgan fingerprint density at radius 1 is 0.397 bits per heavy atom. The topological polar surface area (TPSA) is 508 Å². The van der Waals surface area contributed by atoms with E-state index in [0.29, 0.717) is 30.3 Å². The third-order valence-corrected chi connectivity index (χ3v) is 13.0. The van der Waals surface area contributed by atoms with Gasteiger partial charge in [-0.2, -0.15) is 0 Å². The number of carbonyl (C=O) groups is 4. The normalized spacial score (nSPS) is 19.3. The van der Waals surface area contributed by atoms with E-state index in [1.165, 1.54) is 0 Å². The molecule has 4 aliphatic rings. The van der Waals surface area contributed by atoms with Gasteiger partial charge in [-0.05, 0) is 18.2 Å². The van der Waals surface area contributed by atoms with Crippen LogP contribution in [0.15, 0.2) is 48.8 Å². The van der Waals surface area contributed by atoms with E-state index in [9.17, 15) is 110 Å². The predicted molar refractivity (Wildman–Crippen MR) is 245 cm³/mol. The van der Waals surface area contributed by atoms with E-state index in [0.717, 1.165) is 0 Å². The molecule has 8 aromatic rings. The number of hydrogen-bond acceptors (Lipinski definition) is 30. The van der Waals surface area contributed by atoms with Gasteiger partial charge in [0.15, 0.2) is 93.3 Å². The molecule has 5 atom stereocenters. The number of aliphatic hydroxyl groups is 1. The molecular weight excluding hydrogens is 1060 g/mol. The fraction of sp³-hybridized carbons (Fsp3) is 0.125. The fourth-order valence-electron chi connectivity index (χ4n) is 9.38. The van der Waals surface area contributed by atoms with Gasteiger partial charge >= 0.3 is 35.1 Å². The Labute approximate surface area is 424 Å². The molecule has 16 N–H and O–H groups in total. The van der Waals surface area contributed by atoms with Crippen LogP contribution in [-0.4, -0.2) is 143 Å². The van der Waals surface area contributed by atoms with Crippen molar-refractivity contribution in [1.29, 1.82) is 0 Å². The molecule has 0 aliphatic carbocycles. The van der Waals surface area contributed by atoms with Crippen LogP contribution in [0, 0.1) is 0 Å². The van der Waals surface area contributed by atoms with E-state index in [1.807, 2.05) is 0 Å². The lowest BCUT2D eigenvalue weighted by Gasteiger charge is -2.43. The first-order valence-corrected chi connectivity index (χ1v) is 21.7. The van der Waals surface area contributed by atoms with Crippen LogP contribution in [0.4, 0.5) is 0 Å². The van der Waals surface area contributed by atoms with Crippen molar-refractivity contribution < 1.29 is 138 Å². The highest BCUT2D eigenvalue weighted by Crippen LogP contribution is 2.57. The SMILES string of the molecule is O=C1OC[C@@H]2O[C@H](O)[C@H]3OC(=O)c4cc(O)c(O)c(O)c4-c4c(cc(O)c(O)c4O)C(=O)O[C@H]3[C@@H]2OC(=O)c2cc(O)c(O)c(O)c2-c2c(O)c(O)c3oc(=O)c4cc(c(O)c5oc(=O)c2c3c54)Oc2c1cc(O)c(O)c2O. The van der Waals surface area contributed by atoms with E-state index in [-0.39, 0.29) is 0 Å². The van der Waals surface area contributed by atoms with Crippen LogP contribution in [0.5, 0.6) is 97.7 Å². The number of phenolic OH excluding ortho intramolecular Hbond substituents is 15. The molecule has 1 fully saturated rings. The lowest BCUT2D eigenvalue weighted by atomic mass is 9.90. The van der Waals surface area contributed by atoms with E-state index in [1.54, 1.807) is 0 Å². The Morgan fingerprint density at radius 3 is 1.37 bits per heavy atom. The van der Waals surface area contributed by atoms with Gasteiger partial charge in [0.05, 0.1) is 27.5 Å². The summed E-state index contributed by atoms with van der Waals surface area (Å²) < 4.78 is 44.2. The number of aromatic hydroxyl groups is 15. The molecular formula is C48H28O30. The summed E-state index contributed by atoms with van der Waals surface area (Å²) in [5.41, 5.74) is -14.5. The quantitative estimate of drug-likeness (QED) is 0.0341. The highest BCUT2D eigenvalue weighted by atomic mass is 16.7. The van der Waals surface area contributed by atoms with Crippen molar-refractivity contribution in [2.24, 2.45) is 0 Å². The molecule has 400 valence electrons. The second-order valence-corrected chi connectivity index (χ2v) is 17.3. The minimum absolute atomic E-state index is 0.316. The van der Waals surface area contributed by atoms with Crippen molar-refractivity contribution in [2.75, 3.05) is 6.61 Å². The second-order valence-electron chi connectivity index (χ2n) is 17.3. The van der Waals surface area contributed by atoms with Gasteiger partial charge in [-0.1, -0.05) is 0 Å². The third kappa shape index (κ3) is 6.76. The van der Waals surface area contributed by atoms with Crippen molar-refractivity contribution in [1.82, 2.24) is 0 Å². The van der Waals surface area contributed by atoms with Crippen molar-refractivity contribution in [2.45, 2.75) is 30.7 Å². The Bertz CT molecular complexity index is 4210. The molecule has 78 heavy (non-hydrogen) atoms. The van der Waals surface area contributed by atoms with Gasteiger partial charge < -0.3 is 119 Å². The van der Waals surface area contributed by atoms with Gasteiger partial charge in [-0.25, -0.2) is 28.8 Å². The smallest absolute Gasteiger partial charge is 0.345 e. The largest absolute Gasteiger partial charge is 0.504 e. The lowest BCUT2D eigenvalue weighted by molar-refractivity contribution is -0.284. The summed E-state index contributed by atoms with van der Waals surface area (Å²) in [5.74, 6) is -30.9. The van der Waals surface area contributed by atoms with Crippen LogP contribution < -0.4 is 16.0 Å². The molecule has 6 aromatic carbocycles. The van der Waals surface area contributed by atoms with E-state index in [4.69, 9.17) is 37.3 Å². The average molecular weight is 1080 g/mol. The third-order valence-electron chi connectivity index (χ3n) is 13.0. The molecule has 6 heterocycles. The van der Waals surface area contributed by atoms with Crippen molar-refractivity contribution >= 4 is 56.6 Å². The molecule has 2 aromatic heterocycles. The molecule has 0 radical (unpaired) electrons. The molecule has 7 bridgehead atoms. The molecule has 0 unspecified atom stereocenters. The number of esters is 4. The summed E-state index contributed by atoms with van der Waals surface area (Å²) in [4.78, 5) is 85.9. The van der Waals surface area contributed by atoms with Crippen molar-refractivity contribution in [3.05, 3.63) is 73.4 Å². The maximum atomic E-state index is 15.0. The summed E-state index contributed by atoms with van der Waals surface area (Å²) in [6, 6.07) is 2.15. The first-order chi connectivity index (χ1) is 36.8. The van der Waals surface area contributed by atoms with Crippen molar-refractivity contribution in [3.63, 3.8) is 0 Å². The van der Waals surface area contributed by atoms with Crippen LogP contribution in [0.3, 0.4) is 0 Å². The summed E-state index contributed by atoms with van der Waals surface area (Å²) in [7, 11) is 0. The Balaban J connectivity index is 1.19. The Hall–Kier alpha value is -11.1. The Morgan fingerprint density at radius 2 is 0.833 bits per heavy atom. The monoisotopic (exact) mass is 1080 g/mol. The molecule has 0 amide bonds. The van der Waals surface area contributed by atoms with Gasteiger partial charge in [0.2, 0.25) is 40.2 Å². The van der Waals surface area contributed by atoms with Gasteiger partial charge in [0.1, 0.15) is 18.3 Å². The van der Waals surface area contributed by atoms with E-state index in [2.05, 4.69) is 0 Å². The molecule has 0 saturated carbocycles. The molecule has 1 saturated heterocycles. The number of aliphatic hydroxyl groups excluding tert-OH is 1. The van der Waals surface area contributed by atoms with Gasteiger partial charge in [-0.3, -0.25) is 0 Å². The fourth-order valence-corrected chi connectivity index (χ4v) is 9.38. The van der Waals surface area contributed by atoms with E-state index < -0.39 is 247 Å². The van der Waals surface area contributed by atoms with Crippen LogP contribution >= 0.6 is 0 Å². The number of benzene rings is 6. The summed E-state index contributed by atoms with van der Waals surface area (Å²) >= 11 is 0. The zero-order chi connectivity index (χ0) is 56.1. The zero-order valence-electron chi connectivity index (χ0n) is 37.9. The Kier molecular flexibility index (Phi) is 10.5. The zero-order valence-corrected chi connectivity index (χ0v) is 37.9. The van der Waals surface area contributed by atoms with Gasteiger partial charge in [0, 0.05) is 45.2 Å². The van der Waals surface area contributed by atoms with E-state index >= 15 is 0 Å². The number of rotatable bonds is 0. The molecule has 30 heteroatoms. The van der Waals surface area contributed by atoms with Crippen LogP contribution in [0.1, 0.15) is 41.4 Å². The number of hydrogen-bond donors (Lipinski definition) is 16. The van der Waals surface area contributed by atoms with Crippen LogP contribution in [0.2, 0.25) is 0 Å². The molecule has 12 rings (SSSR count). The number of fused-ring (bicyclic) bond motifs is 8.